The lowest BCUT2D eigenvalue weighted by Crippen LogP contribution is -2.12. The minimum atomic E-state index is -3.40. The van der Waals surface area contributed by atoms with Crippen molar-refractivity contribution >= 4 is 9.84 Å². The molecule has 0 fully saturated rings. The number of nitrogens with zero attached hydrogens (tertiary/aromatic N) is 3. The number of halogens is 1. The second-order valence-electron chi connectivity index (χ2n) is 5.35. The number of sulfone groups is 1. The molecule has 0 amide bonds. The van der Waals surface area contributed by atoms with Crippen molar-refractivity contribution in [1.29, 1.82) is 0 Å². The fourth-order valence-corrected chi connectivity index (χ4v) is 3.64. The van der Waals surface area contributed by atoms with Crippen LogP contribution in [-0.2, 0) is 16.3 Å². The van der Waals surface area contributed by atoms with E-state index in [0.717, 1.165) is 0 Å². The second kappa shape index (κ2) is 6.52. The number of benzene rings is 2. The highest BCUT2D eigenvalue weighted by Gasteiger charge is 2.17. The largest absolute Gasteiger partial charge is 0.224 e. The Kier molecular flexibility index (Phi) is 4.44. The zero-order chi connectivity index (χ0) is 17.2. The van der Waals surface area contributed by atoms with Crippen LogP contribution in [0.25, 0.3) is 5.69 Å². The summed E-state index contributed by atoms with van der Waals surface area (Å²) in [7, 11) is -3.40. The summed E-state index contributed by atoms with van der Waals surface area (Å²) in [6.07, 6.45) is 0.218. The molecule has 0 saturated carbocycles. The fraction of sp³-hybridized carbons (Fsp3) is 0.176. The molecule has 0 radical (unpaired) electrons. The number of aromatic nitrogens is 3. The van der Waals surface area contributed by atoms with Gasteiger partial charge in [0.1, 0.15) is 17.5 Å². The van der Waals surface area contributed by atoms with E-state index < -0.39 is 9.84 Å². The van der Waals surface area contributed by atoms with Crippen molar-refractivity contribution in [3.63, 3.8) is 0 Å². The minimum Gasteiger partial charge on any atom is -0.224 e. The van der Waals surface area contributed by atoms with Gasteiger partial charge in [0.25, 0.3) is 0 Å². The Morgan fingerprint density at radius 2 is 1.71 bits per heavy atom. The van der Waals surface area contributed by atoms with Crippen molar-refractivity contribution in [2.75, 3.05) is 5.75 Å². The van der Waals surface area contributed by atoms with Gasteiger partial charge in [-0.25, -0.2) is 22.5 Å². The van der Waals surface area contributed by atoms with Crippen LogP contribution in [0, 0.1) is 12.7 Å². The van der Waals surface area contributed by atoms with Gasteiger partial charge >= 0.3 is 0 Å². The van der Waals surface area contributed by atoms with E-state index in [9.17, 15) is 12.8 Å². The third-order valence-corrected chi connectivity index (χ3v) is 5.28. The molecular weight excluding hydrogens is 329 g/mol. The first kappa shape index (κ1) is 16.3. The summed E-state index contributed by atoms with van der Waals surface area (Å²) in [5.41, 5.74) is 0.643. The van der Waals surface area contributed by atoms with Crippen LogP contribution in [0.3, 0.4) is 0 Å². The summed E-state index contributed by atoms with van der Waals surface area (Å²) in [5, 5.41) is 4.27. The first-order valence-electron chi connectivity index (χ1n) is 7.42. The molecule has 3 rings (SSSR count). The molecule has 24 heavy (non-hydrogen) atoms. The summed E-state index contributed by atoms with van der Waals surface area (Å²) in [6.45, 7) is 1.73. The molecular formula is C17H16FN3O2S. The van der Waals surface area contributed by atoms with Crippen molar-refractivity contribution in [3.05, 3.63) is 72.1 Å². The van der Waals surface area contributed by atoms with Gasteiger partial charge in [0.2, 0.25) is 0 Å². The highest BCUT2D eigenvalue weighted by molar-refractivity contribution is 7.91. The molecule has 0 N–H and O–H groups in total. The smallest absolute Gasteiger partial charge is 0.178 e. The molecule has 3 aromatic rings. The van der Waals surface area contributed by atoms with Gasteiger partial charge in [0.15, 0.2) is 9.84 Å². The maximum Gasteiger partial charge on any atom is 0.178 e. The number of hydrogen-bond donors (Lipinski definition) is 0. The van der Waals surface area contributed by atoms with Crippen molar-refractivity contribution in [1.82, 2.24) is 14.8 Å². The maximum atomic E-state index is 13.1. The van der Waals surface area contributed by atoms with E-state index in [1.54, 1.807) is 54.1 Å². The standard InChI is InChI=1S/C17H16FN3O2S/c1-13-19-17(21(20-13)15-9-7-14(18)8-10-15)11-12-24(22,23)16-5-3-2-4-6-16/h2-10H,11-12H2,1H3. The molecule has 0 spiro atoms. The second-order valence-corrected chi connectivity index (χ2v) is 7.45. The van der Waals surface area contributed by atoms with E-state index in [0.29, 0.717) is 17.3 Å². The van der Waals surface area contributed by atoms with Crippen LogP contribution < -0.4 is 0 Å². The van der Waals surface area contributed by atoms with Gasteiger partial charge in [0, 0.05) is 6.42 Å². The van der Waals surface area contributed by atoms with Crippen LogP contribution in [0.5, 0.6) is 0 Å². The summed E-state index contributed by atoms with van der Waals surface area (Å²) < 4.78 is 39.4. The predicted molar refractivity (Wildman–Crippen MR) is 88.3 cm³/mol. The molecule has 0 aliphatic rings. The normalized spacial score (nSPS) is 11.6. The quantitative estimate of drug-likeness (QED) is 0.713. The average Bonchev–Trinajstić information content (AvgIpc) is 2.95. The monoisotopic (exact) mass is 345 g/mol. The molecule has 0 aliphatic carbocycles. The number of rotatable bonds is 5. The molecule has 0 aliphatic heterocycles. The molecule has 124 valence electrons. The SMILES string of the molecule is Cc1nc(CCS(=O)(=O)c2ccccc2)n(-c2ccc(F)cc2)n1. The lowest BCUT2D eigenvalue weighted by Gasteiger charge is -2.07. The van der Waals surface area contributed by atoms with Crippen molar-refractivity contribution < 1.29 is 12.8 Å². The minimum absolute atomic E-state index is 0.0731. The van der Waals surface area contributed by atoms with Crippen LogP contribution in [0.15, 0.2) is 59.5 Å². The first-order chi connectivity index (χ1) is 11.5. The molecule has 1 heterocycles. The molecule has 0 unspecified atom stereocenters. The van der Waals surface area contributed by atoms with Gasteiger partial charge in [-0.1, -0.05) is 18.2 Å². The summed E-state index contributed by atoms with van der Waals surface area (Å²) in [5.74, 6) is 0.643. The van der Waals surface area contributed by atoms with Crippen LogP contribution in [0.1, 0.15) is 11.6 Å². The fourth-order valence-electron chi connectivity index (χ4n) is 2.38. The number of aryl methyl sites for hydroxylation is 2. The lowest BCUT2D eigenvalue weighted by molar-refractivity contribution is 0.594. The zero-order valence-corrected chi connectivity index (χ0v) is 13.9. The number of hydrogen-bond acceptors (Lipinski definition) is 4. The van der Waals surface area contributed by atoms with Gasteiger partial charge in [-0.05, 0) is 43.3 Å². The average molecular weight is 345 g/mol. The zero-order valence-electron chi connectivity index (χ0n) is 13.1. The Hall–Kier alpha value is -2.54. The Morgan fingerprint density at radius 3 is 2.38 bits per heavy atom. The Bertz CT molecular complexity index is 936. The first-order valence-corrected chi connectivity index (χ1v) is 9.07. The van der Waals surface area contributed by atoms with Gasteiger partial charge < -0.3 is 0 Å². The molecule has 2 aromatic carbocycles. The molecule has 0 atom stereocenters. The predicted octanol–water partition coefficient (Wildman–Crippen LogP) is 2.73. The Morgan fingerprint density at radius 1 is 1.04 bits per heavy atom. The van der Waals surface area contributed by atoms with Crippen LogP contribution in [-0.4, -0.2) is 28.9 Å². The third kappa shape index (κ3) is 3.51. The Balaban J connectivity index is 1.85. The highest BCUT2D eigenvalue weighted by atomic mass is 32.2. The van der Waals surface area contributed by atoms with Crippen molar-refractivity contribution in [3.8, 4) is 5.69 Å². The van der Waals surface area contributed by atoms with E-state index in [4.69, 9.17) is 0 Å². The van der Waals surface area contributed by atoms with Gasteiger partial charge in [-0.3, -0.25) is 0 Å². The maximum absolute atomic E-state index is 13.1. The van der Waals surface area contributed by atoms with Crippen LogP contribution in [0.4, 0.5) is 4.39 Å². The summed E-state index contributed by atoms with van der Waals surface area (Å²) >= 11 is 0. The lowest BCUT2D eigenvalue weighted by atomic mass is 10.3. The van der Waals surface area contributed by atoms with Gasteiger partial charge in [-0.15, -0.1) is 0 Å². The third-order valence-electron chi connectivity index (χ3n) is 3.55. The highest BCUT2D eigenvalue weighted by Crippen LogP contribution is 2.15. The van der Waals surface area contributed by atoms with Crippen LogP contribution >= 0.6 is 0 Å². The summed E-state index contributed by atoms with van der Waals surface area (Å²) in [6, 6.07) is 14.1. The van der Waals surface area contributed by atoms with Crippen molar-refractivity contribution in [2.24, 2.45) is 0 Å². The molecule has 7 heteroatoms. The summed E-state index contributed by atoms with van der Waals surface area (Å²) in [4.78, 5) is 4.59. The molecule has 0 saturated heterocycles. The van der Waals surface area contributed by atoms with E-state index in [1.807, 2.05) is 0 Å². The van der Waals surface area contributed by atoms with Gasteiger partial charge in [0.05, 0.1) is 16.3 Å². The van der Waals surface area contributed by atoms with Gasteiger partial charge in [-0.2, -0.15) is 5.10 Å². The van der Waals surface area contributed by atoms with Crippen molar-refractivity contribution in [2.45, 2.75) is 18.2 Å². The Labute approximate surface area is 139 Å². The molecule has 0 bridgehead atoms. The van der Waals surface area contributed by atoms with E-state index in [2.05, 4.69) is 10.1 Å². The van der Waals surface area contributed by atoms with E-state index in [-0.39, 0.29) is 22.9 Å². The van der Waals surface area contributed by atoms with E-state index in [1.165, 1.54) is 12.1 Å². The topological polar surface area (TPSA) is 64.8 Å². The van der Waals surface area contributed by atoms with Crippen LogP contribution in [0.2, 0.25) is 0 Å². The molecule has 5 nitrogen and oxygen atoms in total. The molecule has 1 aromatic heterocycles. The van der Waals surface area contributed by atoms with E-state index >= 15 is 0 Å².